The molecule has 0 radical (unpaired) electrons. The molecule has 0 bridgehead atoms. The number of hydrogen-bond acceptors (Lipinski definition) is 2. The molecule has 0 aromatic heterocycles. The summed E-state index contributed by atoms with van der Waals surface area (Å²) in [5, 5.41) is 6.80. The van der Waals surface area contributed by atoms with E-state index in [0.717, 1.165) is 32.0 Å². The van der Waals surface area contributed by atoms with Gasteiger partial charge in [0.2, 0.25) is 0 Å². The second kappa shape index (κ2) is 6.37. The highest BCUT2D eigenvalue weighted by Crippen LogP contribution is 2.31. The van der Waals surface area contributed by atoms with Crippen LogP contribution < -0.4 is 15.5 Å². The van der Waals surface area contributed by atoms with Crippen molar-refractivity contribution in [2.75, 3.05) is 24.5 Å². The number of aliphatic imine (C=N–C) groups is 1. The normalized spacial score (nSPS) is 21.3. The van der Waals surface area contributed by atoms with Crippen LogP contribution in [0, 0.1) is 0 Å². The first kappa shape index (κ1) is 14.2. The second-order valence-corrected chi connectivity index (χ2v) is 6.05. The van der Waals surface area contributed by atoms with Crippen molar-refractivity contribution >= 4 is 11.6 Å². The lowest BCUT2D eigenvalue weighted by atomic mass is 10.1. The standard InChI is InChI=1S/C17H26N4/c1-3-18-17(20-15-8-9-15)19-10-11-21-13(2)12-14-6-4-5-7-16(14)21/h4-7,13,15H,3,8-12H2,1-2H3,(H2,18,19,20). The molecule has 4 nitrogen and oxygen atoms in total. The fraction of sp³-hybridized carbons (Fsp3) is 0.588. The van der Waals surface area contributed by atoms with Crippen molar-refractivity contribution in [3.63, 3.8) is 0 Å². The molecule has 0 spiro atoms. The molecule has 2 N–H and O–H groups in total. The maximum Gasteiger partial charge on any atom is 0.191 e. The van der Waals surface area contributed by atoms with Gasteiger partial charge in [0.15, 0.2) is 5.96 Å². The summed E-state index contributed by atoms with van der Waals surface area (Å²) in [5.41, 5.74) is 2.86. The number of nitrogens with zero attached hydrogens (tertiary/aromatic N) is 2. The van der Waals surface area contributed by atoms with Gasteiger partial charge >= 0.3 is 0 Å². The van der Waals surface area contributed by atoms with E-state index in [1.165, 1.54) is 24.1 Å². The summed E-state index contributed by atoms with van der Waals surface area (Å²) in [6.07, 6.45) is 3.71. The number of benzene rings is 1. The van der Waals surface area contributed by atoms with E-state index in [4.69, 9.17) is 4.99 Å². The predicted molar refractivity (Wildman–Crippen MR) is 89.1 cm³/mol. The first-order valence-corrected chi connectivity index (χ1v) is 8.17. The van der Waals surface area contributed by atoms with Gasteiger partial charge in [-0.15, -0.1) is 0 Å². The minimum absolute atomic E-state index is 0.580. The zero-order valence-corrected chi connectivity index (χ0v) is 13.1. The quantitative estimate of drug-likeness (QED) is 0.643. The SMILES string of the molecule is CCNC(=NCCN1c2ccccc2CC1C)NC1CC1. The first-order chi connectivity index (χ1) is 10.3. The lowest BCUT2D eigenvalue weighted by molar-refractivity contribution is 0.672. The number of hydrogen-bond donors (Lipinski definition) is 2. The van der Waals surface area contributed by atoms with Crippen molar-refractivity contribution < 1.29 is 0 Å². The Kier molecular flexibility index (Phi) is 4.32. The summed E-state index contributed by atoms with van der Waals surface area (Å²) >= 11 is 0. The van der Waals surface area contributed by atoms with Crippen LogP contribution in [-0.2, 0) is 6.42 Å². The van der Waals surface area contributed by atoms with Gasteiger partial charge in [-0.3, -0.25) is 4.99 Å². The van der Waals surface area contributed by atoms with E-state index in [1.54, 1.807) is 0 Å². The third-order valence-corrected chi connectivity index (χ3v) is 4.22. The zero-order valence-electron chi connectivity index (χ0n) is 13.1. The second-order valence-electron chi connectivity index (χ2n) is 6.05. The van der Waals surface area contributed by atoms with Crippen LogP contribution in [0.2, 0.25) is 0 Å². The van der Waals surface area contributed by atoms with Crippen molar-refractivity contribution in [2.45, 2.75) is 45.2 Å². The Morgan fingerprint density at radius 2 is 2.14 bits per heavy atom. The minimum atomic E-state index is 0.580. The molecule has 114 valence electrons. The van der Waals surface area contributed by atoms with Crippen molar-refractivity contribution in [1.29, 1.82) is 0 Å². The molecule has 1 unspecified atom stereocenters. The molecule has 1 aliphatic carbocycles. The summed E-state index contributed by atoms with van der Waals surface area (Å²) in [5.74, 6) is 0.972. The number of fused-ring (bicyclic) bond motifs is 1. The van der Waals surface area contributed by atoms with Crippen LogP contribution in [0.5, 0.6) is 0 Å². The molecule has 3 rings (SSSR count). The highest BCUT2D eigenvalue weighted by molar-refractivity contribution is 5.80. The van der Waals surface area contributed by atoms with Gasteiger partial charge < -0.3 is 15.5 Å². The van der Waals surface area contributed by atoms with E-state index < -0.39 is 0 Å². The summed E-state index contributed by atoms with van der Waals surface area (Å²) < 4.78 is 0. The maximum atomic E-state index is 4.72. The molecule has 1 aromatic carbocycles. The highest BCUT2D eigenvalue weighted by Gasteiger charge is 2.25. The molecule has 2 aliphatic rings. The summed E-state index contributed by atoms with van der Waals surface area (Å²) in [6.45, 7) is 7.15. The van der Waals surface area contributed by atoms with Gasteiger partial charge in [-0.1, -0.05) is 18.2 Å². The number of rotatable bonds is 5. The Morgan fingerprint density at radius 1 is 1.33 bits per heavy atom. The van der Waals surface area contributed by atoms with Gasteiger partial charge in [0.1, 0.15) is 0 Å². The van der Waals surface area contributed by atoms with Crippen molar-refractivity contribution in [1.82, 2.24) is 10.6 Å². The molecule has 1 atom stereocenters. The van der Waals surface area contributed by atoms with E-state index in [0.29, 0.717) is 12.1 Å². The van der Waals surface area contributed by atoms with Gasteiger partial charge in [0, 0.05) is 30.9 Å². The van der Waals surface area contributed by atoms with Crippen LogP contribution in [0.1, 0.15) is 32.3 Å². The fourth-order valence-corrected chi connectivity index (χ4v) is 2.98. The molecule has 1 aromatic rings. The van der Waals surface area contributed by atoms with Crippen LogP contribution in [0.15, 0.2) is 29.3 Å². The maximum absolute atomic E-state index is 4.72. The Labute approximate surface area is 127 Å². The Balaban J connectivity index is 1.58. The van der Waals surface area contributed by atoms with E-state index in [9.17, 15) is 0 Å². The van der Waals surface area contributed by atoms with Gasteiger partial charge in [0.05, 0.1) is 6.54 Å². The number of guanidine groups is 1. The van der Waals surface area contributed by atoms with Crippen LogP contribution in [-0.4, -0.2) is 37.7 Å². The molecule has 1 saturated carbocycles. The molecule has 1 aliphatic heterocycles. The molecule has 1 fully saturated rings. The highest BCUT2D eigenvalue weighted by atomic mass is 15.2. The zero-order chi connectivity index (χ0) is 14.7. The van der Waals surface area contributed by atoms with E-state index >= 15 is 0 Å². The molecular weight excluding hydrogens is 260 g/mol. The fourth-order valence-electron chi connectivity index (χ4n) is 2.98. The molecule has 21 heavy (non-hydrogen) atoms. The number of para-hydroxylation sites is 1. The monoisotopic (exact) mass is 286 g/mol. The van der Waals surface area contributed by atoms with Crippen LogP contribution in [0.3, 0.4) is 0 Å². The smallest absolute Gasteiger partial charge is 0.191 e. The molecule has 1 heterocycles. The number of nitrogens with one attached hydrogen (secondary N) is 2. The van der Waals surface area contributed by atoms with Crippen molar-refractivity contribution in [3.8, 4) is 0 Å². The molecule has 0 saturated heterocycles. The Bertz CT molecular complexity index is 507. The van der Waals surface area contributed by atoms with E-state index in [-0.39, 0.29) is 0 Å². The Morgan fingerprint density at radius 3 is 2.90 bits per heavy atom. The third-order valence-electron chi connectivity index (χ3n) is 4.22. The number of anilines is 1. The van der Waals surface area contributed by atoms with Crippen LogP contribution in [0.25, 0.3) is 0 Å². The molecular formula is C17H26N4. The third kappa shape index (κ3) is 3.49. The lowest BCUT2D eigenvalue weighted by Crippen LogP contribution is -2.39. The first-order valence-electron chi connectivity index (χ1n) is 8.17. The molecule has 4 heteroatoms. The Hall–Kier alpha value is -1.71. The van der Waals surface area contributed by atoms with Gasteiger partial charge in [-0.25, -0.2) is 0 Å². The van der Waals surface area contributed by atoms with E-state index in [2.05, 4.69) is 53.6 Å². The summed E-state index contributed by atoms with van der Waals surface area (Å²) in [4.78, 5) is 7.20. The average molecular weight is 286 g/mol. The van der Waals surface area contributed by atoms with Gasteiger partial charge in [-0.05, 0) is 44.7 Å². The topological polar surface area (TPSA) is 39.7 Å². The van der Waals surface area contributed by atoms with Gasteiger partial charge in [-0.2, -0.15) is 0 Å². The minimum Gasteiger partial charge on any atom is -0.366 e. The average Bonchev–Trinajstić information content (AvgIpc) is 3.23. The predicted octanol–water partition coefficient (Wildman–Crippen LogP) is 2.16. The summed E-state index contributed by atoms with van der Waals surface area (Å²) in [6, 6.07) is 9.97. The lowest BCUT2D eigenvalue weighted by Gasteiger charge is -2.24. The van der Waals surface area contributed by atoms with Gasteiger partial charge in [0.25, 0.3) is 0 Å². The molecule has 0 amide bonds. The van der Waals surface area contributed by atoms with E-state index in [1.807, 2.05) is 0 Å². The van der Waals surface area contributed by atoms with Crippen molar-refractivity contribution in [3.05, 3.63) is 29.8 Å². The summed E-state index contributed by atoms with van der Waals surface area (Å²) in [7, 11) is 0. The van der Waals surface area contributed by atoms with Crippen molar-refractivity contribution in [2.24, 2.45) is 4.99 Å². The van der Waals surface area contributed by atoms with Crippen LogP contribution >= 0.6 is 0 Å². The largest absolute Gasteiger partial charge is 0.366 e. The van der Waals surface area contributed by atoms with Crippen LogP contribution in [0.4, 0.5) is 5.69 Å².